The van der Waals surface area contributed by atoms with Crippen molar-refractivity contribution in [1.29, 1.82) is 0 Å². The highest BCUT2D eigenvalue weighted by atomic mass is 32.2. The van der Waals surface area contributed by atoms with Gasteiger partial charge in [-0.05, 0) is 19.1 Å². The number of benzene rings is 1. The van der Waals surface area contributed by atoms with Gasteiger partial charge >= 0.3 is 0 Å². The van der Waals surface area contributed by atoms with Gasteiger partial charge in [0, 0.05) is 11.5 Å². The van der Waals surface area contributed by atoms with E-state index in [-0.39, 0.29) is 5.25 Å². The smallest absolute Gasteiger partial charge is 0.247 e. The number of nitrogens with one attached hydrogen (secondary N) is 1. The fourth-order valence-electron chi connectivity index (χ4n) is 1.87. The Labute approximate surface area is 132 Å². The predicted octanol–water partition coefficient (Wildman–Crippen LogP) is 3.83. The third-order valence-electron chi connectivity index (χ3n) is 3.12. The molecule has 0 aliphatic heterocycles. The molecule has 0 saturated heterocycles. The van der Waals surface area contributed by atoms with Crippen molar-refractivity contribution in [2.24, 2.45) is 0 Å². The molecule has 0 amide bonds. The van der Waals surface area contributed by atoms with E-state index in [1.807, 2.05) is 37.3 Å². The van der Waals surface area contributed by atoms with Crippen molar-refractivity contribution in [1.82, 2.24) is 25.4 Å². The van der Waals surface area contributed by atoms with Crippen LogP contribution in [-0.2, 0) is 0 Å². The Kier molecular flexibility index (Phi) is 4.24. The molecule has 0 saturated carbocycles. The Balaban J connectivity index is 1.72. The first-order valence-corrected chi connectivity index (χ1v) is 7.99. The summed E-state index contributed by atoms with van der Waals surface area (Å²) in [7, 11) is 0. The largest absolute Gasteiger partial charge is 0.419 e. The summed E-state index contributed by atoms with van der Waals surface area (Å²) in [6.45, 7) is 6.14. The molecule has 1 N–H and O–H groups in total. The minimum Gasteiger partial charge on any atom is -0.419 e. The van der Waals surface area contributed by atoms with E-state index in [9.17, 15) is 0 Å². The summed E-state index contributed by atoms with van der Waals surface area (Å²) in [5, 5.41) is 16.1. The molecular weight excluding hydrogens is 298 g/mol. The van der Waals surface area contributed by atoms with Crippen LogP contribution >= 0.6 is 11.8 Å². The second-order valence-electron chi connectivity index (χ2n) is 5.23. The number of rotatable bonds is 5. The molecule has 6 nitrogen and oxygen atoms in total. The van der Waals surface area contributed by atoms with Crippen LogP contribution in [0, 0.1) is 0 Å². The number of hydrogen-bond donors (Lipinski definition) is 1. The Morgan fingerprint density at radius 2 is 1.86 bits per heavy atom. The molecule has 0 radical (unpaired) electrons. The van der Waals surface area contributed by atoms with E-state index in [0.717, 1.165) is 11.4 Å². The number of aromatic amines is 1. The van der Waals surface area contributed by atoms with Crippen molar-refractivity contribution in [3.05, 3.63) is 42.0 Å². The lowest BCUT2D eigenvalue weighted by Crippen LogP contribution is -1.91. The lowest BCUT2D eigenvalue weighted by Gasteiger charge is -2.02. The van der Waals surface area contributed by atoms with Gasteiger partial charge < -0.3 is 4.42 Å². The predicted molar refractivity (Wildman–Crippen MR) is 84.5 cm³/mol. The molecule has 3 aromatic rings. The van der Waals surface area contributed by atoms with E-state index in [1.165, 1.54) is 11.8 Å². The molecule has 3 rings (SSSR count). The summed E-state index contributed by atoms with van der Waals surface area (Å²) < 4.78 is 5.75. The molecule has 2 aromatic heterocycles. The van der Waals surface area contributed by atoms with E-state index >= 15 is 0 Å². The van der Waals surface area contributed by atoms with Gasteiger partial charge in [-0.3, -0.25) is 5.10 Å². The van der Waals surface area contributed by atoms with Crippen molar-refractivity contribution in [2.45, 2.75) is 37.1 Å². The number of thioether (sulfide) groups is 1. The van der Waals surface area contributed by atoms with Crippen LogP contribution in [-0.4, -0.2) is 25.4 Å². The highest BCUT2D eigenvalue weighted by Gasteiger charge is 2.18. The van der Waals surface area contributed by atoms with Crippen molar-refractivity contribution in [3.8, 4) is 11.5 Å². The topological polar surface area (TPSA) is 80.5 Å². The molecule has 22 heavy (non-hydrogen) atoms. The lowest BCUT2D eigenvalue weighted by molar-refractivity contribution is 0.509. The molecule has 0 aliphatic rings. The van der Waals surface area contributed by atoms with Crippen LogP contribution in [0.3, 0.4) is 0 Å². The van der Waals surface area contributed by atoms with Crippen molar-refractivity contribution in [2.75, 3.05) is 0 Å². The van der Waals surface area contributed by atoms with E-state index in [2.05, 4.69) is 39.2 Å². The Hall–Kier alpha value is -2.15. The van der Waals surface area contributed by atoms with Gasteiger partial charge in [0.1, 0.15) is 5.82 Å². The maximum absolute atomic E-state index is 5.75. The summed E-state index contributed by atoms with van der Waals surface area (Å²) in [5.41, 5.74) is 0.915. The second-order valence-corrected chi connectivity index (χ2v) is 6.54. The van der Waals surface area contributed by atoms with Gasteiger partial charge in [0.15, 0.2) is 0 Å². The van der Waals surface area contributed by atoms with Crippen LogP contribution in [0.15, 0.2) is 39.9 Å². The number of hydrogen-bond acceptors (Lipinski definition) is 6. The van der Waals surface area contributed by atoms with Crippen molar-refractivity contribution in [3.63, 3.8) is 0 Å². The molecule has 0 spiro atoms. The van der Waals surface area contributed by atoms with Gasteiger partial charge in [0.05, 0.1) is 5.25 Å². The monoisotopic (exact) mass is 315 g/mol. The maximum atomic E-state index is 5.75. The first-order chi connectivity index (χ1) is 10.6. The maximum Gasteiger partial charge on any atom is 0.247 e. The molecule has 1 atom stereocenters. The number of nitrogens with zero attached hydrogens (tertiary/aromatic N) is 4. The minimum absolute atomic E-state index is 0.0132. The van der Waals surface area contributed by atoms with Crippen molar-refractivity contribution >= 4 is 11.8 Å². The van der Waals surface area contributed by atoms with Gasteiger partial charge in [-0.15, -0.1) is 15.3 Å². The Morgan fingerprint density at radius 3 is 2.55 bits per heavy atom. The van der Waals surface area contributed by atoms with Crippen LogP contribution in [0.2, 0.25) is 0 Å². The fourth-order valence-corrected chi connectivity index (χ4v) is 2.64. The van der Waals surface area contributed by atoms with Gasteiger partial charge in [0.2, 0.25) is 16.9 Å². The van der Waals surface area contributed by atoms with Crippen LogP contribution in [0.1, 0.15) is 43.7 Å². The average molecular weight is 315 g/mol. The minimum atomic E-state index is -0.0132. The first kappa shape index (κ1) is 14.8. The highest BCUT2D eigenvalue weighted by molar-refractivity contribution is 7.99. The summed E-state index contributed by atoms with van der Waals surface area (Å²) in [4.78, 5) is 4.45. The lowest BCUT2D eigenvalue weighted by atomic mass is 10.2. The Bertz CT molecular complexity index is 737. The molecule has 0 fully saturated rings. The van der Waals surface area contributed by atoms with E-state index < -0.39 is 0 Å². The molecule has 2 heterocycles. The van der Waals surface area contributed by atoms with Crippen LogP contribution in [0.4, 0.5) is 0 Å². The van der Waals surface area contributed by atoms with E-state index in [1.54, 1.807) is 0 Å². The molecule has 0 unspecified atom stereocenters. The second kappa shape index (κ2) is 6.31. The first-order valence-electron chi connectivity index (χ1n) is 7.11. The van der Waals surface area contributed by atoms with Crippen LogP contribution in [0.25, 0.3) is 11.5 Å². The molecular formula is C15H17N5OS. The average Bonchev–Trinajstić information content (AvgIpc) is 3.17. The van der Waals surface area contributed by atoms with Gasteiger partial charge in [-0.25, -0.2) is 4.98 Å². The van der Waals surface area contributed by atoms with Crippen LogP contribution < -0.4 is 0 Å². The third kappa shape index (κ3) is 3.19. The zero-order valence-corrected chi connectivity index (χ0v) is 13.5. The normalized spacial score (nSPS) is 12.7. The van der Waals surface area contributed by atoms with Gasteiger partial charge in [-0.1, -0.05) is 43.8 Å². The number of aromatic nitrogens is 5. The SMILES string of the molecule is CC(C)c1nc(S[C@H](C)c2nnc(-c3ccccc3)o2)n[nH]1. The summed E-state index contributed by atoms with van der Waals surface area (Å²) >= 11 is 1.49. The molecule has 0 aliphatic carbocycles. The zero-order valence-electron chi connectivity index (χ0n) is 12.6. The van der Waals surface area contributed by atoms with Gasteiger partial charge in [0.25, 0.3) is 0 Å². The Morgan fingerprint density at radius 1 is 1.09 bits per heavy atom. The molecule has 114 valence electrons. The quantitative estimate of drug-likeness (QED) is 0.721. The molecule has 0 bridgehead atoms. The molecule has 1 aromatic carbocycles. The third-order valence-corrected chi connectivity index (χ3v) is 4.07. The summed E-state index contributed by atoms with van der Waals surface area (Å²) in [6.07, 6.45) is 0. The standard InChI is InChI=1S/C15H17N5OS/c1-9(2)12-16-15(20-17-12)22-10(3)13-18-19-14(21-13)11-7-5-4-6-8-11/h4-10H,1-3H3,(H,16,17,20)/t10-/m1/s1. The fraction of sp³-hybridized carbons (Fsp3) is 0.333. The molecule has 7 heteroatoms. The zero-order chi connectivity index (χ0) is 15.5. The van der Waals surface area contributed by atoms with Crippen molar-refractivity contribution < 1.29 is 4.42 Å². The van der Waals surface area contributed by atoms with Crippen LogP contribution in [0.5, 0.6) is 0 Å². The van der Waals surface area contributed by atoms with Gasteiger partial charge in [-0.2, -0.15) is 0 Å². The summed E-state index contributed by atoms with van der Waals surface area (Å²) in [5.74, 6) is 2.30. The van der Waals surface area contributed by atoms with E-state index in [4.69, 9.17) is 4.42 Å². The number of H-pyrrole nitrogens is 1. The highest BCUT2D eigenvalue weighted by Crippen LogP contribution is 2.33. The van der Waals surface area contributed by atoms with E-state index in [0.29, 0.717) is 22.9 Å². The summed E-state index contributed by atoms with van der Waals surface area (Å²) in [6, 6.07) is 9.73.